The van der Waals surface area contributed by atoms with Crippen molar-refractivity contribution in [3.63, 3.8) is 0 Å². The summed E-state index contributed by atoms with van der Waals surface area (Å²) >= 11 is 0. The number of carbonyl (C=O) groups is 2. The SMILES string of the molecule is Cc1ccc(N2C(=O)[C@H]3C(c4ccc([N+](=O)[O-])cc4)=NO[C@H]3C2=O)c(C)c1. The molecule has 8 nitrogen and oxygen atoms in total. The molecule has 2 amide bonds. The second-order valence-corrected chi connectivity index (χ2v) is 6.59. The number of nitro benzene ring substituents is 1. The predicted molar refractivity (Wildman–Crippen MR) is 96.4 cm³/mol. The zero-order valence-electron chi connectivity index (χ0n) is 14.6. The first kappa shape index (κ1) is 16.9. The number of fused-ring (bicyclic) bond motifs is 1. The second-order valence-electron chi connectivity index (χ2n) is 6.59. The fourth-order valence-corrected chi connectivity index (χ4v) is 3.46. The fraction of sp³-hybridized carbons (Fsp3) is 0.211. The van der Waals surface area contributed by atoms with Crippen LogP contribution in [-0.4, -0.2) is 28.6 Å². The van der Waals surface area contributed by atoms with Crippen LogP contribution < -0.4 is 4.90 Å². The van der Waals surface area contributed by atoms with Crippen LogP contribution in [0, 0.1) is 29.9 Å². The summed E-state index contributed by atoms with van der Waals surface area (Å²) in [7, 11) is 0. The average Bonchev–Trinajstić information content (AvgIpc) is 3.17. The number of non-ortho nitro benzene ring substituents is 1. The van der Waals surface area contributed by atoms with Crippen LogP contribution in [-0.2, 0) is 14.4 Å². The quantitative estimate of drug-likeness (QED) is 0.472. The zero-order chi connectivity index (χ0) is 19.3. The minimum absolute atomic E-state index is 0.0689. The Morgan fingerprint density at radius 1 is 1.07 bits per heavy atom. The number of nitrogens with zero attached hydrogens (tertiary/aromatic N) is 3. The maximum atomic E-state index is 13.0. The molecule has 4 rings (SSSR count). The minimum atomic E-state index is -1.01. The highest BCUT2D eigenvalue weighted by Crippen LogP contribution is 2.36. The molecule has 2 aliphatic heterocycles. The lowest BCUT2D eigenvalue weighted by Gasteiger charge is -2.18. The van der Waals surface area contributed by atoms with Crippen molar-refractivity contribution in [3.05, 3.63) is 69.3 Å². The van der Waals surface area contributed by atoms with Crippen LogP contribution in [0.2, 0.25) is 0 Å². The summed E-state index contributed by atoms with van der Waals surface area (Å²) in [5, 5.41) is 14.7. The molecule has 2 heterocycles. The first-order valence-electron chi connectivity index (χ1n) is 8.32. The van der Waals surface area contributed by atoms with Crippen molar-refractivity contribution in [2.75, 3.05) is 4.90 Å². The Morgan fingerprint density at radius 2 is 1.78 bits per heavy atom. The molecule has 2 aromatic carbocycles. The highest BCUT2D eigenvalue weighted by atomic mass is 16.7. The third kappa shape index (κ3) is 2.57. The molecule has 0 radical (unpaired) electrons. The molecular formula is C19H15N3O5. The molecule has 27 heavy (non-hydrogen) atoms. The molecule has 2 atom stereocenters. The Kier molecular flexibility index (Phi) is 3.76. The molecule has 0 saturated carbocycles. The fourth-order valence-electron chi connectivity index (χ4n) is 3.46. The van der Waals surface area contributed by atoms with Crippen molar-refractivity contribution in [2.24, 2.45) is 11.1 Å². The van der Waals surface area contributed by atoms with E-state index in [9.17, 15) is 19.7 Å². The van der Waals surface area contributed by atoms with E-state index in [0.717, 1.165) is 16.0 Å². The summed E-state index contributed by atoms with van der Waals surface area (Å²) in [4.78, 5) is 42.5. The van der Waals surface area contributed by atoms with E-state index < -0.39 is 28.8 Å². The van der Waals surface area contributed by atoms with Gasteiger partial charge in [-0.2, -0.15) is 0 Å². The molecule has 0 unspecified atom stereocenters. The number of carbonyl (C=O) groups excluding carboxylic acids is 2. The van der Waals surface area contributed by atoms with Gasteiger partial charge in [0.1, 0.15) is 11.6 Å². The van der Waals surface area contributed by atoms with Gasteiger partial charge < -0.3 is 4.84 Å². The van der Waals surface area contributed by atoms with Gasteiger partial charge in [-0.05, 0) is 37.6 Å². The highest BCUT2D eigenvalue weighted by Gasteiger charge is 2.56. The maximum Gasteiger partial charge on any atom is 0.278 e. The number of anilines is 1. The number of aryl methyl sites for hydroxylation is 2. The summed E-state index contributed by atoms with van der Waals surface area (Å²) < 4.78 is 0. The van der Waals surface area contributed by atoms with E-state index in [1.54, 1.807) is 6.07 Å². The van der Waals surface area contributed by atoms with Crippen molar-refractivity contribution in [1.82, 2.24) is 0 Å². The zero-order valence-corrected chi connectivity index (χ0v) is 14.6. The summed E-state index contributed by atoms with van der Waals surface area (Å²) in [5.41, 5.74) is 3.11. The van der Waals surface area contributed by atoms with E-state index >= 15 is 0 Å². The number of oxime groups is 1. The molecule has 2 aromatic rings. The Morgan fingerprint density at radius 3 is 2.41 bits per heavy atom. The monoisotopic (exact) mass is 365 g/mol. The largest absolute Gasteiger partial charge is 0.381 e. The number of nitro groups is 1. The van der Waals surface area contributed by atoms with Crippen LogP contribution in [0.1, 0.15) is 16.7 Å². The van der Waals surface area contributed by atoms with E-state index in [0.29, 0.717) is 17.0 Å². The van der Waals surface area contributed by atoms with Gasteiger partial charge in [0, 0.05) is 17.7 Å². The van der Waals surface area contributed by atoms with Gasteiger partial charge in [-0.15, -0.1) is 0 Å². The van der Waals surface area contributed by atoms with E-state index in [-0.39, 0.29) is 5.69 Å². The van der Waals surface area contributed by atoms with E-state index in [1.807, 2.05) is 26.0 Å². The first-order chi connectivity index (χ1) is 12.9. The number of imide groups is 1. The summed E-state index contributed by atoms with van der Waals surface area (Å²) in [6.07, 6.45) is -1.01. The van der Waals surface area contributed by atoms with Crippen molar-refractivity contribution in [3.8, 4) is 0 Å². The lowest BCUT2D eigenvalue weighted by atomic mass is 9.94. The molecule has 1 fully saturated rings. The Balaban J connectivity index is 1.68. The van der Waals surface area contributed by atoms with Crippen molar-refractivity contribution in [2.45, 2.75) is 20.0 Å². The van der Waals surface area contributed by atoms with Crippen LogP contribution in [0.15, 0.2) is 47.6 Å². The van der Waals surface area contributed by atoms with Gasteiger partial charge in [0.05, 0.1) is 10.6 Å². The molecule has 0 aromatic heterocycles. The normalized spacial score (nSPS) is 21.1. The maximum absolute atomic E-state index is 13.0. The standard InChI is InChI=1S/C19H15N3O5/c1-10-3-8-14(11(2)9-10)21-18(23)15-16(20-27-17(15)19(21)24)12-4-6-13(7-5-12)22(25)26/h3-9,15,17H,1-2H3/t15-,17+/m0/s1. The summed E-state index contributed by atoms with van der Waals surface area (Å²) in [6.45, 7) is 3.77. The Hall–Kier alpha value is -3.55. The number of hydrogen-bond donors (Lipinski definition) is 0. The highest BCUT2D eigenvalue weighted by molar-refractivity contribution is 6.32. The van der Waals surface area contributed by atoms with E-state index in [1.165, 1.54) is 24.3 Å². The van der Waals surface area contributed by atoms with Crippen LogP contribution in [0.25, 0.3) is 0 Å². The molecule has 8 heteroatoms. The molecule has 0 aliphatic carbocycles. The minimum Gasteiger partial charge on any atom is -0.381 e. The van der Waals surface area contributed by atoms with Gasteiger partial charge >= 0.3 is 0 Å². The van der Waals surface area contributed by atoms with Gasteiger partial charge in [-0.25, -0.2) is 4.90 Å². The number of rotatable bonds is 3. The topological polar surface area (TPSA) is 102 Å². The summed E-state index contributed by atoms with van der Waals surface area (Å²) in [5.74, 6) is -1.73. The number of benzene rings is 2. The Labute approximate surface area is 154 Å². The van der Waals surface area contributed by atoms with Gasteiger partial charge in [0.15, 0.2) is 0 Å². The predicted octanol–water partition coefficient (Wildman–Crippen LogP) is 2.50. The molecule has 0 N–H and O–H groups in total. The summed E-state index contributed by atoms with van der Waals surface area (Å²) in [6, 6.07) is 11.1. The van der Waals surface area contributed by atoms with E-state index in [2.05, 4.69) is 5.16 Å². The lowest BCUT2D eigenvalue weighted by molar-refractivity contribution is -0.384. The van der Waals surface area contributed by atoms with Gasteiger partial charge in [-0.3, -0.25) is 19.7 Å². The van der Waals surface area contributed by atoms with E-state index in [4.69, 9.17) is 4.84 Å². The molecule has 136 valence electrons. The van der Waals surface area contributed by atoms with Crippen LogP contribution in [0.5, 0.6) is 0 Å². The molecular weight excluding hydrogens is 350 g/mol. The Bertz CT molecular complexity index is 1010. The third-order valence-electron chi connectivity index (χ3n) is 4.78. The van der Waals surface area contributed by atoms with Crippen molar-refractivity contribution < 1.29 is 19.3 Å². The third-order valence-corrected chi connectivity index (χ3v) is 4.78. The van der Waals surface area contributed by atoms with Crippen molar-refractivity contribution >= 4 is 28.9 Å². The average molecular weight is 365 g/mol. The van der Waals surface area contributed by atoms with Crippen LogP contribution in [0.3, 0.4) is 0 Å². The van der Waals surface area contributed by atoms with Crippen LogP contribution >= 0.6 is 0 Å². The van der Waals surface area contributed by atoms with Crippen LogP contribution in [0.4, 0.5) is 11.4 Å². The molecule has 0 spiro atoms. The van der Waals surface area contributed by atoms with Crippen molar-refractivity contribution in [1.29, 1.82) is 0 Å². The molecule has 2 aliphatic rings. The van der Waals surface area contributed by atoms with Gasteiger partial charge in [0.25, 0.3) is 11.6 Å². The number of hydrogen-bond acceptors (Lipinski definition) is 6. The van der Waals surface area contributed by atoms with Gasteiger partial charge in [0.2, 0.25) is 12.0 Å². The smallest absolute Gasteiger partial charge is 0.278 e. The second kappa shape index (κ2) is 6.01. The lowest BCUT2D eigenvalue weighted by Crippen LogP contribution is -2.33. The number of amides is 2. The van der Waals surface area contributed by atoms with Gasteiger partial charge in [-0.1, -0.05) is 22.9 Å². The first-order valence-corrected chi connectivity index (χ1v) is 8.32. The molecule has 0 bridgehead atoms. The molecule has 1 saturated heterocycles.